The minimum atomic E-state index is -1.93. The van der Waals surface area contributed by atoms with Crippen LogP contribution >= 0.6 is 0 Å². The first-order chi connectivity index (χ1) is 16.2. The highest BCUT2D eigenvalue weighted by Gasteiger charge is 2.54. The summed E-state index contributed by atoms with van der Waals surface area (Å²) < 4.78 is 12.7. The van der Waals surface area contributed by atoms with Crippen LogP contribution in [0.15, 0.2) is 24.3 Å². The molecule has 8 heteroatoms. The van der Waals surface area contributed by atoms with Gasteiger partial charge in [-0.05, 0) is 36.7 Å². The van der Waals surface area contributed by atoms with E-state index in [1.807, 2.05) is 26.8 Å². The van der Waals surface area contributed by atoms with Gasteiger partial charge in [0.1, 0.15) is 5.75 Å². The highest BCUT2D eigenvalue weighted by atomic mass is 28.4. The van der Waals surface area contributed by atoms with Crippen molar-refractivity contribution in [3.63, 3.8) is 0 Å². The van der Waals surface area contributed by atoms with E-state index in [0.717, 1.165) is 0 Å². The molecule has 0 spiro atoms. The lowest BCUT2D eigenvalue weighted by atomic mass is 9.78. The third kappa shape index (κ3) is 4.79. The quantitative estimate of drug-likeness (QED) is 0.401. The molecule has 1 fully saturated rings. The van der Waals surface area contributed by atoms with Gasteiger partial charge in [0.2, 0.25) is 11.8 Å². The lowest BCUT2D eigenvalue weighted by molar-refractivity contribution is -0.164. The highest BCUT2D eigenvalue weighted by Crippen LogP contribution is 2.42. The smallest absolute Gasteiger partial charge is 0.267 e. The molecule has 3 rings (SSSR count). The molecule has 2 unspecified atom stereocenters. The summed E-state index contributed by atoms with van der Waals surface area (Å²) in [6, 6.07) is 6.72. The van der Waals surface area contributed by atoms with E-state index in [-0.39, 0.29) is 40.6 Å². The summed E-state index contributed by atoms with van der Waals surface area (Å²) in [4.78, 5) is 41.3. The molecule has 0 saturated carbocycles. The molecule has 0 bridgehead atoms. The fourth-order valence-corrected chi connectivity index (χ4v) is 5.86. The number of imide groups is 1. The number of hydrogen-bond acceptors (Lipinski definition) is 5. The standard InChI is InChI=1S/C27H42N2O5Si/c1-10-27(17(2)3)29(25(32)19-13-11-12-14-21(19)34-27)24(31)18(4)22-20(23(30)28-22)15-16-33-35(8,9)26(5,6)7/h11-14,17-18,20,22H,10,15-16H2,1-9H3,(H,28,30)/t18?,20-,22-,27?/m1/s1. The molecule has 7 nitrogen and oxygen atoms in total. The topological polar surface area (TPSA) is 84.9 Å². The average Bonchev–Trinajstić information content (AvgIpc) is 2.78. The third-order valence-electron chi connectivity index (χ3n) is 8.32. The van der Waals surface area contributed by atoms with Crippen LogP contribution in [0, 0.1) is 17.8 Å². The number of ether oxygens (including phenoxy) is 1. The Morgan fingerprint density at radius 3 is 2.37 bits per heavy atom. The number of nitrogens with zero attached hydrogens (tertiary/aromatic N) is 1. The van der Waals surface area contributed by atoms with Crippen LogP contribution in [0.1, 0.15) is 71.7 Å². The van der Waals surface area contributed by atoms with Gasteiger partial charge in [-0.25, -0.2) is 4.90 Å². The molecule has 1 saturated heterocycles. The minimum Gasteiger partial charge on any atom is -0.466 e. The zero-order chi connectivity index (χ0) is 26.3. The first kappa shape index (κ1) is 27.4. The van der Waals surface area contributed by atoms with Crippen LogP contribution in [0.25, 0.3) is 0 Å². The Morgan fingerprint density at radius 1 is 1.20 bits per heavy atom. The summed E-state index contributed by atoms with van der Waals surface area (Å²) >= 11 is 0. The summed E-state index contributed by atoms with van der Waals surface area (Å²) in [7, 11) is -1.93. The predicted molar refractivity (Wildman–Crippen MR) is 138 cm³/mol. The van der Waals surface area contributed by atoms with E-state index in [0.29, 0.717) is 30.8 Å². The number of β-lactam (4-membered cyclic amide) rings is 1. The van der Waals surface area contributed by atoms with E-state index in [9.17, 15) is 14.4 Å². The molecule has 1 N–H and O–H groups in total. The monoisotopic (exact) mass is 502 g/mol. The Bertz CT molecular complexity index is 986. The van der Waals surface area contributed by atoms with Crippen molar-refractivity contribution in [3.05, 3.63) is 29.8 Å². The van der Waals surface area contributed by atoms with Crippen molar-refractivity contribution >= 4 is 26.0 Å². The van der Waals surface area contributed by atoms with Crippen molar-refractivity contribution in [1.29, 1.82) is 0 Å². The summed E-state index contributed by atoms with van der Waals surface area (Å²) in [6.07, 6.45) is 1.01. The Morgan fingerprint density at radius 2 is 1.83 bits per heavy atom. The molecule has 1 aromatic rings. The molecule has 1 aromatic carbocycles. The maximum atomic E-state index is 13.9. The first-order valence-corrected chi connectivity index (χ1v) is 15.7. The molecular formula is C27H42N2O5Si. The second-order valence-corrected chi connectivity index (χ2v) is 16.6. The Balaban J connectivity index is 1.80. The van der Waals surface area contributed by atoms with Crippen molar-refractivity contribution in [2.75, 3.05) is 6.61 Å². The lowest BCUT2D eigenvalue weighted by Crippen LogP contribution is -2.68. The van der Waals surface area contributed by atoms with Crippen LogP contribution in [0.2, 0.25) is 18.1 Å². The number of rotatable bonds is 8. The van der Waals surface area contributed by atoms with Gasteiger partial charge in [0.15, 0.2) is 14.0 Å². The molecule has 2 heterocycles. The summed E-state index contributed by atoms with van der Waals surface area (Å²) in [6.45, 7) is 19.1. The number of nitrogens with one attached hydrogen (secondary N) is 1. The van der Waals surface area contributed by atoms with Crippen molar-refractivity contribution in [2.45, 2.75) is 91.2 Å². The normalized spacial score (nSPS) is 25.5. The van der Waals surface area contributed by atoms with Crippen LogP contribution in [0.4, 0.5) is 0 Å². The van der Waals surface area contributed by atoms with Gasteiger partial charge < -0.3 is 14.5 Å². The average molecular weight is 503 g/mol. The molecular weight excluding hydrogens is 460 g/mol. The molecule has 2 aliphatic heterocycles. The second-order valence-electron chi connectivity index (χ2n) is 11.8. The fourth-order valence-electron chi connectivity index (χ4n) is 4.80. The van der Waals surface area contributed by atoms with Gasteiger partial charge in [-0.2, -0.15) is 0 Å². The molecule has 35 heavy (non-hydrogen) atoms. The number of carbonyl (C=O) groups excluding carboxylic acids is 3. The van der Waals surface area contributed by atoms with Crippen LogP contribution in [-0.4, -0.2) is 49.3 Å². The Hall–Kier alpha value is -2.19. The molecule has 4 atom stereocenters. The number of para-hydroxylation sites is 1. The molecule has 2 aliphatic rings. The lowest BCUT2D eigenvalue weighted by Gasteiger charge is -2.50. The van der Waals surface area contributed by atoms with Gasteiger partial charge in [0, 0.05) is 18.9 Å². The molecule has 0 aromatic heterocycles. The van der Waals surface area contributed by atoms with Gasteiger partial charge in [-0.1, -0.05) is 60.6 Å². The summed E-state index contributed by atoms with van der Waals surface area (Å²) in [5.74, 6) is -1.24. The first-order valence-electron chi connectivity index (χ1n) is 12.8. The largest absolute Gasteiger partial charge is 0.466 e. The van der Waals surface area contributed by atoms with E-state index in [2.05, 4.69) is 39.2 Å². The van der Waals surface area contributed by atoms with Crippen molar-refractivity contribution in [2.24, 2.45) is 17.8 Å². The van der Waals surface area contributed by atoms with E-state index < -0.39 is 20.0 Å². The van der Waals surface area contributed by atoms with Gasteiger partial charge in [-0.15, -0.1) is 0 Å². The van der Waals surface area contributed by atoms with Crippen LogP contribution in [0.5, 0.6) is 5.75 Å². The maximum Gasteiger partial charge on any atom is 0.267 e. The van der Waals surface area contributed by atoms with Gasteiger partial charge in [0.25, 0.3) is 5.91 Å². The van der Waals surface area contributed by atoms with Crippen LogP contribution < -0.4 is 10.1 Å². The molecule has 3 amide bonds. The van der Waals surface area contributed by atoms with E-state index in [1.54, 1.807) is 25.1 Å². The van der Waals surface area contributed by atoms with Gasteiger partial charge in [0.05, 0.1) is 23.4 Å². The fraction of sp³-hybridized carbons (Fsp3) is 0.667. The molecule has 0 radical (unpaired) electrons. The maximum absolute atomic E-state index is 13.9. The summed E-state index contributed by atoms with van der Waals surface area (Å²) in [5.41, 5.74) is -0.694. The third-order valence-corrected chi connectivity index (χ3v) is 12.9. The van der Waals surface area contributed by atoms with Crippen molar-refractivity contribution < 1.29 is 23.5 Å². The zero-order valence-electron chi connectivity index (χ0n) is 22.7. The Labute approximate surface area is 211 Å². The van der Waals surface area contributed by atoms with E-state index >= 15 is 0 Å². The second kappa shape index (κ2) is 9.69. The SMILES string of the molecule is CCC1(C(C)C)Oc2ccccc2C(=O)N1C(=O)C(C)[C@H]1NC(=O)[C@@H]1CCO[Si](C)(C)C(C)(C)C. The zero-order valence-corrected chi connectivity index (χ0v) is 23.7. The van der Waals surface area contributed by atoms with E-state index in [4.69, 9.17) is 9.16 Å². The molecule has 0 aliphatic carbocycles. The summed E-state index contributed by atoms with van der Waals surface area (Å²) in [5, 5.41) is 3.00. The van der Waals surface area contributed by atoms with Gasteiger partial charge in [-0.3, -0.25) is 14.4 Å². The van der Waals surface area contributed by atoms with Crippen LogP contribution in [0.3, 0.4) is 0 Å². The van der Waals surface area contributed by atoms with Gasteiger partial charge >= 0.3 is 0 Å². The number of fused-ring (bicyclic) bond motifs is 1. The highest BCUT2D eigenvalue weighted by molar-refractivity contribution is 6.74. The van der Waals surface area contributed by atoms with Crippen LogP contribution in [-0.2, 0) is 14.0 Å². The number of benzene rings is 1. The number of carbonyl (C=O) groups is 3. The number of amides is 3. The Kier molecular flexibility index (Phi) is 7.59. The van der Waals surface area contributed by atoms with E-state index in [1.165, 1.54) is 4.90 Å². The minimum absolute atomic E-state index is 0.0642. The van der Waals surface area contributed by atoms with Crippen molar-refractivity contribution in [1.82, 2.24) is 10.2 Å². The predicted octanol–water partition coefficient (Wildman–Crippen LogP) is 4.97. The molecule has 194 valence electrons. The van der Waals surface area contributed by atoms with Crippen molar-refractivity contribution in [3.8, 4) is 5.75 Å². The number of hydrogen-bond donors (Lipinski definition) is 1.